The van der Waals surface area contributed by atoms with Crippen LogP contribution in [0.4, 0.5) is 11.4 Å². The number of hydrogen-bond donors (Lipinski definition) is 0. The van der Waals surface area contributed by atoms with E-state index in [9.17, 15) is 0 Å². The molecule has 1 nitrogen and oxygen atoms in total. The van der Waals surface area contributed by atoms with E-state index in [0.717, 1.165) is 12.8 Å². The van der Waals surface area contributed by atoms with Gasteiger partial charge in [0.2, 0.25) is 0 Å². The van der Waals surface area contributed by atoms with E-state index in [-0.39, 0.29) is 0 Å². The lowest BCUT2D eigenvalue weighted by atomic mass is 9.94. The standard InChI is InChI=1S/C27H23N/c1-20-10-14-25(15-11-20)28(26-16-12-21-6-2-4-8-23(21)18-26)27-17-13-22-7-3-5-9-24(22)19-27/h2-12,14-16,18-19H,13,17H2,1H3. The van der Waals surface area contributed by atoms with Gasteiger partial charge in [0.05, 0.1) is 0 Å². The molecule has 5 rings (SSSR count). The Hall–Kier alpha value is -3.32. The van der Waals surface area contributed by atoms with Crippen LogP contribution in [0.15, 0.2) is 96.7 Å². The summed E-state index contributed by atoms with van der Waals surface area (Å²) in [6.45, 7) is 2.14. The Balaban J connectivity index is 1.67. The van der Waals surface area contributed by atoms with Crippen LogP contribution < -0.4 is 4.90 Å². The van der Waals surface area contributed by atoms with Crippen LogP contribution in [-0.2, 0) is 6.42 Å². The summed E-state index contributed by atoms with van der Waals surface area (Å²) >= 11 is 0. The Morgan fingerprint density at radius 2 is 1.36 bits per heavy atom. The molecule has 28 heavy (non-hydrogen) atoms. The van der Waals surface area contributed by atoms with Crippen molar-refractivity contribution >= 4 is 28.2 Å². The van der Waals surface area contributed by atoms with Gasteiger partial charge in [0.15, 0.2) is 0 Å². The van der Waals surface area contributed by atoms with Gasteiger partial charge in [-0.2, -0.15) is 0 Å². The Kier molecular flexibility index (Phi) is 4.21. The molecular formula is C27H23N. The molecular weight excluding hydrogens is 338 g/mol. The third-order valence-electron chi connectivity index (χ3n) is 5.60. The van der Waals surface area contributed by atoms with Gasteiger partial charge in [0.1, 0.15) is 0 Å². The predicted molar refractivity (Wildman–Crippen MR) is 120 cm³/mol. The lowest BCUT2D eigenvalue weighted by Gasteiger charge is -2.31. The molecule has 0 fully saturated rings. The first-order valence-corrected chi connectivity index (χ1v) is 9.92. The SMILES string of the molecule is Cc1ccc(N(C2=Cc3ccccc3CC2)c2ccc3ccccc3c2)cc1. The van der Waals surface area contributed by atoms with Gasteiger partial charge in [-0.3, -0.25) is 0 Å². The molecule has 0 atom stereocenters. The van der Waals surface area contributed by atoms with E-state index in [1.807, 2.05) is 0 Å². The maximum atomic E-state index is 2.42. The van der Waals surface area contributed by atoms with Gasteiger partial charge in [0, 0.05) is 17.1 Å². The topological polar surface area (TPSA) is 3.24 Å². The zero-order chi connectivity index (χ0) is 18.9. The van der Waals surface area contributed by atoms with Crippen molar-refractivity contribution in [1.82, 2.24) is 0 Å². The second-order valence-corrected chi connectivity index (χ2v) is 7.54. The van der Waals surface area contributed by atoms with Crippen molar-refractivity contribution in [2.45, 2.75) is 19.8 Å². The molecule has 1 heteroatoms. The fraction of sp³-hybridized carbons (Fsp3) is 0.111. The summed E-state index contributed by atoms with van der Waals surface area (Å²) in [5.74, 6) is 0. The second-order valence-electron chi connectivity index (χ2n) is 7.54. The first-order valence-electron chi connectivity index (χ1n) is 9.92. The van der Waals surface area contributed by atoms with Crippen LogP contribution in [0.2, 0.25) is 0 Å². The van der Waals surface area contributed by atoms with Crippen LogP contribution in [0.3, 0.4) is 0 Å². The van der Waals surface area contributed by atoms with E-state index < -0.39 is 0 Å². The fourth-order valence-electron chi connectivity index (χ4n) is 4.08. The summed E-state index contributed by atoms with van der Waals surface area (Å²) in [7, 11) is 0. The lowest BCUT2D eigenvalue weighted by molar-refractivity contribution is 0.894. The quantitative estimate of drug-likeness (QED) is 0.371. The zero-order valence-electron chi connectivity index (χ0n) is 16.1. The zero-order valence-corrected chi connectivity index (χ0v) is 16.1. The predicted octanol–water partition coefficient (Wildman–Crippen LogP) is 7.27. The van der Waals surface area contributed by atoms with Crippen molar-refractivity contribution in [3.8, 4) is 0 Å². The molecule has 1 aliphatic carbocycles. The van der Waals surface area contributed by atoms with Crippen LogP contribution >= 0.6 is 0 Å². The smallest absolute Gasteiger partial charge is 0.0464 e. The molecule has 0 saturated carbocycles. The fourth-order valence-corrected chi connectivity index (χ4v) is 4.08. The Labute approximate surface area is 166 Å². The molecule has 0 N–H and O–H groups in total. The normalized spacial score (nSPS) is 13.1. The molecule has 0 spiro atoms. The lowest BCUT2D eigenvalue weighted by Crippen LogP contribution is -2.19. The maximum Gasteiger partial charge on any atom is 0.0464 e. The molecule has 0 heterocycles. The van der Waals surface area contributed by atoms with Gasteiger partial charge in [-0.05, 0) is 72.0 Å². The number of rotatable bonds is 3. The highest BCUT2D eigenvalue weighted by molar-refractivity contribution is 5.88. The Morgan fingerprint density at radius 1 is 0.643 bits per heavy atom. The van der Waals surface area contributed by atoms with Crippen molar-refractivity contribution in [3.63, 3.8) is 0 Å². The van der Waals surface area contributed by atoms with Gasteiger partial charge in [-0.25, -0.2) is 0 Å². The molecule has 4 aromatic carbocycles. The number of fused-ring (bicyclic) bond motifs is 2. The van der Waals surface area contributed by atoms with E-state index >= 15 is 0 Å². The summed E-state index contributed by atoms with van der Waals surface area (Å²) < 4.78 is 0. The van der Waals surface area contributed by atoms with Crippen LogP contribution in [0.5, 0.6) is 0 Å². The first kappa shape index (κ1) is 16.8. The molecule has 0 aromatic heterocycles. The van der Waals surface area contributed by atoms with Gasteiger partial charge in [-0.1, -0.05) is 72.3 Å². The van der Waals surface area contributed by atoms with Crippen molar-refractivity contribution in [2.75, 3.05) is 4.90 Å². The van der Waals surface area contributed by atoms with Gasteiger partial charge < -0.3 is 4.90 Å². The van der Waals surface area contributed by atoms with Crippen LogP contribution in [0.1, 0.15) is 23.1 Å². The van der Waals surface area contributed by atoms with Crippen molar-refractivity contribution in [3.05, 3.63) is 113 Å². The highest BCUT2D eigenvalue weighted by atomic mass is 15.1. The van der Waals surface area contributed by atoms with Crippen molar-refractivity contribution in [1.29, 1.82) is 0 Å². The van der Waals surface area contributed by atoms with E-state index in [2.05, 4.69) is 109 Å². The highest BCUT2D eigenvalue weighted by Gasteiger charge is 2.19. The molecule has 4 aromatic rings. The second kappa shape index (κ2) is 7.01. The summed E-state index contributed by atoms with van der Waals surface area (Å²) in [6, 6.07) is 32.9. The van der Waals surface area contributed by atoms with Crippen LogP contribution in [0.25, 0.3) is 16.8 Å². The molecule has 0 saturated heterocycles. The minimum atomic E-state index is 1.04. The number of anilines is 2. The summed E-state index contributed by atoms with van der Waals surface area (Å²) in [5.41, 5.74) is 7.83. The molecule has 0 radical (unpaired) electrons. The summed E-state index contributed by atoms with van der Waals surface area (Å²) in [6.07, 6.45) is 4.48. The number of aryl methyl sites for hydroxylation is 2. The van der Waals surface area contributed by atoms with E-state index in [0.29, 0.717) is 0 Å². The van der Waals surface area contributed by atoms with Crippen molar-refractivity contribution in [2.24, 2.45) is 0 Å². The minimum Gasteiger partial charge on any atom is -0.314 e. The number of nitrogens with zero attached hydrogens (tertiary/aromatic N) is 1. The molecule has 136 valence electrons. The Morgan fingerprint density at radius 3 is 2.21 bits per heavy atom. The summed E-state index contributed by atoms with van der Waals surface area (Å²) in [5, 5.41) is 2.55. The maximum absolute atomic E-state index is 2.42. The first-order chi connectivity index (χ1) is 13.8. The highest BCUT2D eigenvalue weighted by Crippen LogP contribution is 2.37. The van der Waals surface area contributed by atoms with E-state index in [1.54, 1.807) is 0 Å². The van der Waals surface area contributed by atoms with Crippen LogP contribution in [0, 0.1) is 6.92 Å². The van der Waals surface area contributed by atoms with E-state index in [4.69, 9.17) is 0 Å². The molecule has 0 amide bonds. The monoisotopic (exact) mass is 361 g/mol. The number of allylic oxidation sites excluding steroid dienone is 1. The average molecular weight is 361 g/mol. The molecule has 0 aliphatic heterocycles. The molecule has 0 bridgehead atoms. The van der Waals surface area contributed by atoms with E-state index in [1.165, 1.54) is 44.5 Å². The largest absolute Gasteiger partial charge is 0.314 e. The van der Waals surface area contributed by atoms with Crippen LogP contribution in [-0.4, -0.2) is 0 Å². The van der Waals surface area contributed by atoms with Crippen molar-refractivity contribution < 1.29 is 0 Å². The average Bonchev–Trinajstić information content (AvgIpc) is 2.75. The third-order valence-corrected chi connectivity index (χ3v) is 5.60. The molecule has 0 unspecified atom stereocenters. The molecule has 1 aliphatic rings. The van der Waals surface area contributed by atoms with Gasteiger partial charge in [-0.15, -0.1) is 0 Å². The Bertz CT molecular complexity index is 1170. The summed E-state index contributed by atoms with van der Waals surface area (Å²) in [4.78, 5) is 2.42. The number of hydrogen-bond acceptors (Lipinski definition) is 1. The van der Waals surface area contributed by atoms with Gasteiger partial charge >= 0.3 is 0 Å². The van der Waals surface area contributed by atoms with Gasteiger partial charge in [0.25, 0.3) is 0 Å². The number of benzene rings is 4. The third kappa shape index (κ3) is 3.10. The minimum absolute atomic E-state index is 1.04.